The molecule has 7 rings (SSSR count). The number of nitrogens with zero attached hydrogens (tertiary/aromatic N) is 2. The number of likely N-dealkylation sites (tertiary alicyclic amines) is 1. The van der Waals surface area contributed by atoms with Gasteiger partial charge in [0.1, 0.15) is 0 Å². The topological polar surface area (TPSA) is 114 Å². The zero-order valence-corrected chi connectivity index (χ0v) is 26.1. The van der Waals surface area contributed by atoms with Gasteiger partial charge in [-0.3, -0.25) is 19.2 Å². The fourth-order valence-electron chi connectivity index (χ4n) is 7.46. The van der Waals surface area contributed by atoms with E-state index in [9.17, 15) is 19.2 Å². The third-order valence-electron chi connectivity index (χ3n) is 9.90. The number of para-hydroxylation sites is 1. The van der Waals surface area contributed by atoms with Crippen LogP contribution < -0.4 is 14.8 Å². The highest BCUT2D eigenvalue weighted by molar-refractivity contribution is 5.81. The zero-order chi connectivity index (χ0) is 31.4. The fraction of sp³-hybridized carbons (Fsp3) is 0.543. The van der Waals surface area contributed by atoms with Crippen LogP contribution >= 0.6 is 0 Å². The lowest BCUT2D eigenvalue weighted by Crippen LogP contribution is -2.48. The van der Waals surface area contributed by atoms with Crippen LogP contribution in [0.5, 0.6) is 11.5 Å². The Labute approximate surface area is 264 Å². The predicted octanol–water partition coefficient (Wildman–Crippen LogP) is 3.26. The van der Waals surface area contributed by atoms with Crippen molar-refractivity contribution in [3.05, 3.63) is 59.2 Å². The predicted molar refractivity (Wildman–Crippen MR) is 166 cm³/mol. The summed E-state index contributed by atoms with van der Waals surface area (Å²) in [5.41, 5.74) is 3.06. The first kappa shape index (κ1) is 30.9. The Morgan fingerprint density at radius 2 is 1.76 bits per heavy atom. The molecule has 0 radical (unpaired) electrons. The molecule has 45 heavy (non-hydrogen) atoms. The molecule has 4 heterocycles. The number of esters is 1. The van der Waals surface area contributed by atoms with Gasteiger partial charge in [0.15, 0.2) is 11.5 Å². The van der Waals surface area contributed by atoms with Crippen LogP contribution in [0.3, 0.4) is 0 Å². The van der Waals surface area contributed by atoms with Crippen LogP contribution in [0.4, 0.5) is 0 Å². The molecule has 2 atom stereocenters. The van der Waals surface area contributed by atoms with Crippen LogP contribution in [0.2, 0.25) is 0 Å². The van der Waals surface area contributed by atoms with Gasteiger partial charge in [0, 0.05) is 74.8 Å². The van der Waals surface area contributed by atoms with Gasteiger partial charge in [0.25, 0.3) is 0 Å². The number of amides is 3. The van der Waals surface area contributed by atoms with Crippen molar-refractivity contribution in [2.75, 3.05) is 53.0 Å². The normalized spacial score (nSPS) is 23.4. The SMILES string of the molecule is COC(=O)CCCC(=O)N1CCCOc2cccc3c2OC[C@@]2(CNC(=O)CCC1)CN(C(=O)C1Cc4ccccc4C1)C[C@@H]32. The van der Waals surface area contributed by atoms with Gasteiger partial charge in [-0.15, -0.1) is 0 Å². The second kappa shape index (κ2) is 13.5. The highest BCUT2D eigenvalue weighted by Crippen LogP contribution is 2.52. The maximum atomic E-state index is 13.9. The van der Waals surface area contributed by atoms with Crippen molar-refractivity contribution in [2.24, 2.45) is 11.3 Å². The summed E-state index contributed by atoms with van der Waals surface area (Å²) in [6, 6.07) is 14.2. The van der Waals surface area contributed by atoms with Crippen molar-refractivity contribution >= 4 is 23.7 Å². The van der Waals surface area contributed by atoms with E-state index in [1.807, 2.05) is 29.2 Å². The number of fused-ring (bicyclic) bond motifs is 12. The Bertz CT molecular complexity index is 1420. The second-order valence-corrected chi connectivity index (χ2v) is 12.9. The lowest BCUT2D eigenvalue weighted by molar-refractivity contribution is -0.141. The van der Waals surface area contributed by atoms with Gasteiger partial charge in [0.2, 0.25) is 17.7 Å². The van der Waals surface area contributed by atoms with E-state index in [4.69, 9.17) is 9.47 Å². The van der Waals surface area contributed by atoms with Crippen LogP contribution in [-0.4, -0.2) is 86.5 Å². The summed E-state index contributed by atoms with van der Waals surface area (Å²) in [6.07, 6.45) is 3.80. The molecule has 10 nitrogen and oxygen atoms in total. The highest BCUT2D eigenvalue weighted by Gasteiger charge is 2.53. The number of benzene rings is 2. The standard InChI is InChI=1S/C35H43N3O7/c1-43-32(41)14-5-13-31(40)37-15-6-12-30(39)36-21-35-22-38(34(42)26-18-24-8-2-3-9-25(24)19-26)20-28(35)27-10-4-11-29(33(27)45-23-35)44-17-7-16-37/h2-4,8-11,26,28H,5-7,12-23H2,1H3,(H,36,39)/t28-,35+/m0/s1. The molecule has 10 heteroatoms. The molecular weight excluding hydrogens is 574 g/mol. The fourth-order valence-corrected chi connectivity index (χ4v) is 7.46. The largest absolute Gasteiger partial charge is 0.490 e. The molecule has 1 spiro atoms. The molecule has 0 aromatic heterocycles. The summed E-state index contributed by atoms with van der Waals surface area (Å²) in [6.45, 7) is 3.21. The van der Waals surface area contributed by atoms with Gasteiger partial charge in [-0.2, -0.15) is 0 Å². The number of methoxy groups -OCH3 is 1. The lowest BCUT2D eigenvalue weighted by atomic mass is 9.73. The van der Waals surface area contributed by atoms with Gasteiger partial charge in [-0.05, 0) is 49.3 Å². The summed E-state index contributed by atoms with van der Waals surface area (Å²) in [7, 11) is 1.34. The average molecular weight is 618 g/mol. The Morgan fingerprint density at radius 1 is 0.978 bits per heavy atom. The molecular formula is C35H43N3O7. The number of hydrogen-bond acceptors (Lipinski definition) is 7. The van der Waals surface area contributed by atoms with Gasteiger partial charge in [-0.1, -0.05) is 36.4 Å². The first-order valence-electron chi connectivity index (χ1n) is 16.2. The maximum absolute atomic E-state index is 13.9. The molecule has 1 N–H and O–H groups in total. The van der Waals surface area contributed by atoms with Gasteiger partial charge < -0.3 is 29.3 Å². The highest BCUT2D eigenvalue weighted by atomic mass is 16.5. The summed E-state index contributed by atoms with van der Waals surface area (Å²) in [5.74, 6) is 1.01. The minimum absolute atomic E-state index is 0.00355. The van der Waals surface area contributed by atoms with E-state index in [1.54, 1.807) is 4.90 Å². The maximum Gasteiger partial charge on any atom is 0.305 e. The lowest BCUT2D eigenvalue weighted by Gasteiger charge is -2.40. The zero-order valence-electron chi connectivity index (χ0n) is 26.1. The molecule has 0 saturated carbocycles. The minimum Gasteiger partial charge on any atom is -0.490 e. The second-order valence-electron chi connectivity index (χ2n) is 12.9. The summed E-state index contributed by atoms with van der Waals surface area (Å²) in [5, 5.41) is 3.16. The number of ether oxygens (including phenoxy) is 3. The van der Waals surface area contributed by atoms with Crippen LogP contribution in [0.1, 0.15) is 61.1 Å². The van der Waals surface area contributed by atoms with Crippen LogP contribution in [0.15, 0.2) is 42.5 Å². The van der Waals surface area contributed by atoms with Crippen molar-refractivity contribution < 1.29 is 33.4 Å². The summed E-state index contributed by atoms with van der Waals surface area (Å²) < 4.78 is 17.3. The molecule has 2 aromatic carbocycles. The van der Waals surface area contributed by atoms with E-state index in [0.29, 0.717) is 76.7 Å². The Morgan fingerprint density at radius 3 is 2.53 bits per heavy atom. The van der Waals surface area contributed by atoms with Crippen LogP contribution in [-0.2, 0) is 36.8 Å². The van der Waals surface area contributed by atoms with Crippen molar-refractivity contribution in [3.63, 3.8) is 0 Å². The Kier molecular flexibility index (Phi) is 9.28. The van der Waals surface area contributed by atoms with Crippen molar-refractivity contribution in [1.82, 2.24) is 15.1 Å². The smallest absolute Gasteiger partial charge is 0.305 e. The molecule has 1 fully saturated rings. The Balaban J connectivity index is 1.18. The number of rotatable bonds is 5. The van der Waals surface area contributed by atoms with Gasteiger partial charge in [-0.25, -0.2) is 0 Å². The van der Waals surface area contributed by atoms with E-state index in [-0.39, 0.29) is 54.8 Å². The van der Waals surface area contributed by atoms with Crippen molar-refractivity contribution in [3.8, 4) is 11.5 Å². The monoisotopic (exact) mass is 617 g/mol. The number of hydrogen-bond donors (Lipinski definition) is 1. The summed E-state index contributed by atoms with van der Waals surface area (Å²) >= 11 is 0. The number of carbonyl (C=O) groups excluding carboxylic acids is 4. The first-order chi connectivity index (χ1) is 21.9. The molecule has 1 aliphatic carbocycles. The first-order valence-corrected chi connectivity index (χ1v) is 16.2. The van der Waals surface area contributed by atoms with E-state index in [0.717, 1.165) is 18.4 Å². The third kappa shape index (κ3) is 6.65. The van der Waals surface area contributed by atoms with Crippen LogP contribution in [0.25, 0.3) is 0 Å². The number of nitrogens with one attached hydrogen (secondary N) is 1. The molecule has 0 unspecified atom stereocenters. The van der Waals surface area contributed by atoms with E-state index in [2.05, 4.69) is 28.3 Å². The molecule has 3 amide bonds. The van der Waals surface area contributed by atoms with Gasteiger partial charge >= 0.3 is 5.97 Å². The molecule has 1 saturated heterocycles. The van der Waals surface area contributed by atoms with E-state index >= 15 is 0 Å². The van der Waals surface area contributed by atoms with Crippen molar-refractivity contribution in [1.29, 1.82) is 0 Å². The molecule has 4 bridgehead atoms. The molecule has 2 aromatic rings. The minimum atomic E-state index is -0.457. The average Bonchev–Trinajstić information content (AvgIpc) is 3.67. The van der Waals surface area contributed by atoms with E-state index in [1.165, 1.54) is 18.2 Å². The number of carbonyl (C=O) groups is 4. The molecule has 5 aliphatic rings. The molecule has 240 valence electrons. The molecule has 4 aliphatic heterocycles. The van der Waals surface area contributed by atoms with Crippen LogP contribution in [0, 0.1) is 11.3 Å². The third-order valence-corrected chi connectivity index (χ3v) is 9.90. The Hall–Kier alpha value is -4.08. The van der Waals surface area contributed by atoms with Gasteiger partial charge in [0.05, 0.1) is 20.3 Å². The quantitative estimate of drug-likeness (QED) is 0.513. The summed E-state index contributed by atoms with van der Waals surface area (Å²) in [4.78, 5) is 55.3. The van der Waals surface area contributed by atoms with Crippen molar-refractivity contribution in [2.45, 2.75) is 57.3 Å². The van der Waals surface area contributed by atoms with E-state index < -0.39 is 5.41 Å².